The number of hydrogen-bond acceptors (Lipinski definition) is 6. The minimum atomic E-state index is -3.54. The van der Waals surface area contributed by atoms with Crippen LogP contribution in [0.25, 0.3) is 0 Å². The SMILES string of the molecule is CCN1CCN(c2ccc(NC(=O)C3=CC=CN4CCS(=O)(=O)N=C34)c(C)c2)CC1. The van der Waals surface area contributed by atoms with E-state index in [0.717, 1.165) is 44.0 Å². The summed E-state index contributed by atoms with van der Waals surface area (Å²) in [7, 11) is -3.54. The number of anilines is 2. The first kappa shape index (κ1) is 20.6. The van der Waals surface area contributed by atoms with E-state index in [-0.39, 0.29) is 23.1 Å². The van der Waals surface area contributed by atoms with Crippen molar-refractivity contribution in [2.75, 3.05) is 55.2 Å². The van der Waals surface area contributed by atoms with Crippen LogP contribution in [0.3, 0.4) is 0 Å². The van der Waals surface area contributed by atoms with Crippen molar-refractivity contribution in [2.24, 2.45) is 4.40 Å². The fourth-order valence-corrected chi connectivity index (χ4v) is 4.88. The van der Waals surface area contributed by atoms with Crippen molar-refractivity contribution in [1.82, 2.24) is 9.80 Å². The van der Waals surface area contributed by atoms with Gasteiger partial charge in [-0.05, 0) is 49.4 Å². The van der Waals surface area contributed by atoms with E-state index >= 15 is 0 Å². The molecule has 0 aromatic heterocycles. The maximum Gasteiger partial charge on any atom is 0.259 e. The molecule has 1 N–H and O–H groups in total. The highest BCUT2D eigenvalue weighted by molar-refractivity contribution is 7.90. The van der Waals surface area contributed by atoms with E-state index in [1.165, 1.54) is 0 Å². The van der Waals surface area contributed by atoms with E-state index in [9.17, 15) is 13.2 Å². The topological polar surface area (TPSA) is 85.3 Å². The molecular weight excluding hydrogens is 402 g/mol. The summed E-state index contributed by atoms with van der Waals surface area (Å²) in [5.74, 6) is -0.236. The highest BCUT2D eigenvalue weighted by atomic mass is 32.2. The van der Waals surface area contributed by atoms with E-state index in [2.05, 4.69) is 32.5 Å². The predicted molar refractivity (Wildman–Crippen MR) is 119 cm³/mol. The molecule has 0 unspecified atom stereocenters. The highest BCUT2D eigenvalue weighted by Crippen LogP contribution is 2.25. The lowest BCUT2D eigenvalue weighted by atomic mass is 10.1. The second-order valence-electron chi connectivity index (χ2n) is 7.69. The Morgan fingerprint density at radius 3 is 2.63 bits per heavy atom. The van der Waals surface area contributed by atoms with E-state index in [0.29, 0.717) is 12.2 Å². The summed E-state index contributed by atoms with van der Waals surface area (Å²) in [4.78, 5) is 19.4. The number of amides is 1. The van der Waals surface area contributed by atoms with Gasteiger partial charge in [-0.2, -0.15) is 0 Å². The van der Waals surface area contributed by atoms with E-state index < -0.39 is 10.0 Å². The molecule has 0 radical (unpaired) electrons. The summed E-state index contributed by atoms with van der Waals surface area (Å²) in [6.07, 6.45) is 5.07. The molecule has 1 amide bonds. The number of hydrogen-bond donors (Lipinski definition) is 1. The third kappa shape index (κ3) is 4.27. The van der Waals surface area contributed by atoms with Crippen molar-refractivity contribution in [2.45, 2.75) is 13.8 Å². The van der Waals surface area contributed by atoms with Gasteiger partial charge in [0.25, 0.3) is 15.9 Å². The number of sulfonamides is 1. The minimum absolute atomic E-state index is 0.0528. The number of fused-ring (bicyclic) bond motifs is 1. The van der Waals surface area contributed by atoms with Gasteiger partial charge in [0.05, 0.1) is 11.3 Å². The number of allylic oxidation sites excluding steroid dienone is 2. The van der Waals surface area contributed by atoms with Gasteiger partial charge in [0.1, 0.15) is 0 Å². The predicted octanol–water partition coefficient (Wildman–Crippen LogP) is 1.57. The molecule has 30 heavy (non-hydrogen) atoms. The van der Waals surface area contributed by atoms with Gasteiger partial charge in [-0.15, -0.1) is 4.40 Å². The number of carbonyl (C=O) groups excluding carboxylic acids is 1. The minimum Gasteiger partial charge on any atom is -0.369 e. The molecular formula is C21H27N5O3S. The van der Waals surface area contributed by atoms with Crippen molar-refractivity contribution in [3.63, 3.8) is 0 Å². The molecule has 0 saturated carbocycles. The lowest BCUT2D eigenvalue weighted by Crippen LogP contribution is -2.46. The number of carbonyl (C=O) groups is 1. The first-order chi connectivity index (χ1) is 14.4. The molecule has 1 fully saturated rings. The van der Waals surface area contributed by atoms with Gasteiger partial charge >= 0.3 is 0 Å². The van der Waals surface area contributed by atoms with Crippen LogP contribution in [0.1, 0.15) is 12.5 Å². The van der Waals surface area contributed by atoms with Crippen LogP contribution < -0.4 is 10.2 Å². The average molecular weight is 430 g/mol. The standard InChI is InChI=1S/C21H27N5O3S/c1-3-24-9-11-25(12-10-24)17-6-7-19(16(2)15-17)22-21(27)18-5-4-8-26-13-14-30(28,29)23-20(18)26/h4-8,15H,3,9-14H2,1-2H3,(H,22,27). The number of rotatable bonds is 4. The number of nitrogens with zero attached hydrogens (tertiary/aromatic N) is 4. The molecule has 1 aromatic rings. The molecule has 4 rings (SSSR count). The van der Waals surface area contributed by atoms with Crippen LogP contribution in [0.15, 0.2) is 46.5 Å². The lowest BCUT2D eigenvalue weighted by molar-refractivity contribution is -0.112. The van der Waals surface area contributed by atoms with Crippen LogP contribution in [-0.4, -0.2) is 75.0 Å². The van der Waals surface area contributed by atoms with Gasteiger partial charge in [-0.1, -0.05) is 6.92 Å². The fraction of sp³-hybridized carbons (Fsp3) is 0.429. The van der Waals surface area contributed by atoms with Crippen LogP contribution in [-0.2, 0) is 14.8 Å². The van der Waals surface area contributed by atoms with Gasteiger partial charge in [0, 0.05) is 50.3 Å². The molecule has 8 nitrogen and oxygen atoms in total. The Labute approximate surface area is 177 Å². The summed E-state index contributed by atoms with van der Waals surface area (Å²) in [5, 5.41) is 2.92. The van der Waals surface area contributed by atoms with Crippen molar-refractivity contribution in [1.29, 1.82) is 0 Å². The van der Waals surface area contributed by atoms with Crippen LogP contribution in [0.2, 0.25) is 0 Å². The van der Waals surface area contributed by atoms with Crippen LogP contribution in [0.5, 0.6) is 0 Å². The smallest absolute Gasteiger partial charge is 0.259 e. The molecule has 3 aliphatic heterocycles. The lowest BCUT2D eigenvalue weighted by Gasteiger charge is -2.35. The second kappa shape index (κ2) is 8.23. The number of aryl methyl sites for hydroxylation is 1. The van der Waals surface area contributed by atoms with Crippen molar-refractivity contribution in [3.8, 4) is 0 Å². The monoisotopic (exact) mass is 429 g/mol. The number of nitrogens with one attached hydrogen (secondary N) is 1. The van der Waals surface area contributed by atoms with Crippen LogP contribution in [0.4, 0.5) is 11.4 Å². The number of piperazine rings is 1. The Kier molecular flexibility index (Phi) is 5.66. The molecule has 1 saturated heterocycles. The number of likely N-dealkylation sites (N-methyl/N-ethyl adjacent to an activating group) is 1. The molecule has 0 atom stereocenters. The highest BCUT2D eigenvalue weighted by Gasteiger charge is 2.30. The normalized spacial score (nSPS) is 21.0. The molecule has 1 aromatic carbocycles. The van der Waals surface area contributed by atoms with E-state index in [1.54, 1.807) is 23.3 Å². The van der Waals surface area contributed by atoms with Gasteiger partial charge in [-0.25, -0.2) is 8.42 Å². The summed E-state index contributed by atoms with van der Waals surface area (Å²) in [6, 6.07) is 6.01. The molecule has 9 heteroatoms. The van der Waals surface area contributed by atoms with Gasteiger partial charge in [0.2, 0.25) is 0 Å². The zero-order valence-corrected chi connectivity index (χ0v) is 18.2. The zero-order chi connectivity index (χ0) is 21.3. The molecule has 3 heterocycles. The summed E-state index contributed by atoms with van der Waals surface area (Å²) in [5.41, 5.74) is 3.06. The largest absolute Gasteiger partial charge is 0.369 e. The first-order valence-electron chi connectivity index (χ1n) is 10.2. The maximum atomic E-state index is 12.9. The Morgan fingerprint density at radius 1 is 1.17 bits per heavy atom. The molecule has 160 valence electrons. The molecule has 0 spiro atoms. The van der Waals surface area contributed by atoms with E-state index in [4.69, 9.17) is 0 Å². The number of benzene rings is 1. The average Bonchev–Trinajstić information content (AvgIpc) is 2.74. The molecule has 0 bridgehead atoms. The quantitative estimate of drug-likeness (QED) is 0.782. The summed E-state index contributed by atoms with van der Waals surface area (Å²) in [6.45, 7) is 9.60. The maximum absolute atomic E-state index is 12.9. The Balaban J connectivity index is 1.49. The Hall–Kier alpha value is -2.65. The van der Waals surface area contributed by atoms with Gasteiger partial charge < -0.3 is 20.0 Å². The molecule has 3 aliphatic rings. The van der Waals surface area contributed by atoms with E-state index in [1.807, 2.05) is 19.1 Å². The number of amidine groups is 1. The first-order valence-corrected chi connectivity index (χ1v) is 11.8. The molecule has 0 aliphatic carbocycles. The third-order valence-corrected chi connectivity index (χ3v) is 6.89. The van der Waals surface area contributed by atoms with Crippen LogP contribution >= 0.6 is 0 Å². The summed E-state index contributed by atoms with van der Waals surface area (Å²) >= 11 is 0. The second-order valence-corrected chi connectivity index (χ2v) is 9.45. The van der Waals surface area contributed by atoms with Gasteiger partial charge in [0.15, 0.2) is 5.84 Å². The van der Waals surface area contributed by atoms with Crippen molar-refractivity contribution >= 4 is 33.1 Å². The van der Waals surface area contributed by atoms with Crippen molar-refractivity contribution in [3.05, 3.63) is 47.7 Å². The Morgan fingerprint density at radius 2 is 1.93 bits per heavy atom. The van der Waals surface area contributed by atoms with Crippen LogP contribution in [0, 0.1) is 6.92 Å². The third-order valence-electron chi connectivity index (χ3n) is 5.75. The zero-order valence-electron chi connectivity index (χ0n) is 17.3. The fourth-order valence-electron chi connectivity index (χ4n) is 3.89. The van der Waals surface area contributed by atoms with Crippen molar-refractivity contribution < 1.29 is 13.2 Å². The Bertz CT molecular complexity index is 1040. The van der Waals surface area contributed by atoms with Gasteiger partial charge in [-0.3, -0.25) is 4.79 Å². The summed E-state index contributed by atoms with van der Waals surface area (Å²) < 4.78 is 27.6.